The van der Waals surface area contributed by atoms with Gasteiger partial charge in [0.1, 0.15) is 12.3 Å². The van der Waals surface area contributed by atoms with Crippen LogP contribution in [0.4, 0.5) is 5.69 Å². The number of anilines is 1. The van der Waals surface area contributed by atoms with E-state index in [1.54, 1.807) is 0 Å². The maximum Gasteiger partial charge on any atom is 0.231 e. The average molecular weight is 477 g/mol. The van der Waals surface area contributed by atoms with Crippen LogP contribution < -0.4 is 14.4 Å². The van der Waals surface area contributed by atoms with Crippen LogP contribution in [0.15, 0.2) is 103 Å². The summed E-state index contributed by atoms with van der Waals surface area (Å²) >= 11 is 0. The normalized spacial score (nSPS) is 24.8. The Morgan fingerprint density at radius 2 is 1.47 bits per heavy atom. The minimum atomic E-state index is -0.312. The highest BCUT2D eigenvalue weighted by Gasteiger charge is 2.59. The molecule has 0 spiro atoms. The summed E-state index contributed by atoms with van der Waals surface area (Å²) < 4.78 is 11.4. The maximum absolute atomic E-state index is 6.91. The van der Waals surface area contributed by atoms with E-state index >= 15 is 0 Å². The zero-order valence-electron chi connectivity index (χ0n) is 20.2. The Morgan fingerprint density at radius 3 is 2.25 bits per heavy atom. The van der Waals surface area contributed by atoms with Gasteiger partial charge in [0.15, 0.2) is 11.5 Å². The van der Waals surface area contributed by atoms with Crippen molar-refractivity contribution in [2.75, 3.05) is 18.2 Å². The Bertz CT molecular complexity index is 1380. The second-order valence-corrected chi connectivity index (χ2v) is 9.88. The fourth-order valence-electron chi connectivity index (χ4n) is 5.88. The predicted molar refractivity (Wildman–Crippen MR) is 139 cm³/mol. The number of hydroxylamine groups is 2. The van der Waals surface area contributed by atoms with Gasteiger partial charge in [0.25, 0.3) is 0 Å². The minimum absolute atomic E-state index is 0.0249. The topological polar surface area (TPSA) is 34.2 Å². The fraction of sp³-hybridized carbons (Fsp3) is 0.226. The molecule has 0 saturated carbocycles. The molecule has 4 aromatic carbocycles. The van der Waals surface area contributed by atoms with Crippen molar-refractivity contribution in [3.63, 3.8) is 0 Å². The van der Waals surface area contributed by atoms with E-state index in [2.05, 4.69) is 114 Å². The van der Waals surface area contributed by atoms with Gasteiger partial charge in [-0.2, -0.15) is 0 Å². The fourth-order valence-corrected chi connectivity index (χ4v) is 5.88. The first kappa shape index (κ1) is 21.5. The molecule has 5 nitrogen and oxygen atoms in total. The van der Waals surface area contributed by atoms with Crippen LogP contribution in [-0.4, -0.2) is 18.4 Å². The third kappa shape index (κ3) is 3.39. The van der Waals surface area contributed by atoms with Crippen LogP contribution >= 0.6 is 0 Å². The second-order valence-electron chi connectivity index (χ2n) is 9.88. The first-order chi connectivity index (χ1) is 17.7. The van der Waals surface area contributed by atoms with Crippen molar-refractivity contribution in [1.29, 1.82) is 0 Å². The van der Waals surface area contributed by atoms with Crippen molar-refractivity contribution in [3.05, 3.63) is 125 Å². The van der Waals surface area contributed by atoms with E-state index < -0.39 is 0 Å². The van der Waals surface area contributed by atoms with Crippen LogP contribution in [0.3, 0.4) is 0 Å². The van der Waals surface area contributed by atoms with Crippen LogP contribution in [0.25, 0.3) is 0 Å². The zero-order valence-corrected chi connectivity index (χ0v) is 20.2. The molecule has 0 aromatic heterocycles. The number of fused-ring (bicyclic) bond motifs is 2. The van der Waals surface area contributed by atoms with E-state index in [9.17, 15) is 0 Å². The molecule has 2 fully saturated rings. The lowest BCUT2D eigenvalue weighted by molar-refractivity contribution is -0.198. The first-order valence-corrected chi connectivity index (χ1v) is 12.5. The lowest BCUT2D eigenvalue weighted by Crippen LogP contribution is -2.37. The van der Waals surface area contributed by atoms with Gasteiger partial charge in [-0.3, -0.25) is 4.84 Å². The lowest BCUT2D eigenvalue weighted by Gasteiger charge is -2.32. The van der Waals surface area contributed by atoms with Crippen molar-refractivity contribution in [2.24, 2.45) is 0 Å². The van der Waals surface area contributed by atoms with Gasteiger partial charge in [-0.1, -0.05) is 84.4 Å². The molecular formula is C31H28N2O3. The minimum Gasteiger partial charge on any atom is -0.454 e. The number of rotatable bonds is 4. The smallest absolute Gasteiger partial charge is 0.231 e. The van der Waals surface area contributed by atoms with Crippen LogP contribution in [-0.2, 0) is 10.4 Å². The largest absolute Gasteiger partial charge is 0.454 e. The molecule has 180 valence electrons. The number of hydrogen-bond acceptors (Lipinski definition) is 5. The molecule has 0 amide bonds. The van der Waals surface area contributed by atoms with Gasteiger partial charge in [-0.25, -0.2) is 0 Å². The molecule has 36 heavy (non-hydrogen) atoms. The van der Waals surface area contributed by atoms with Gasteiger partial charge in [0.2, 0.25) is 6.79 Å². The summed E-state index contributed by atoms with van der Waals surface area (Å²) in [6.07, 6.45) is 0.712. The van der Waals surface area contributed by atoms with Gasteiger partial charge in [0.05, 0.1) is 5.54 Å². The summed E-state index contributed by atoms with van der Waals surface area (Å²) in [5.74, 6) is 1.57. The molecule has 7 rings (SSSR count). The molecule has 4 aromatic rings. The molecule has 0 N–H and O–H groups in total. The van der Waals surface area contributed by atoms with E-state index in [0.717, 1.165) is 30.0 Å². The van der Waals surface area contributed by atoms with E-state index in [1.807, 2.05) is 6.07 Å². The molecule has 0 aliphatic carbocycles. The molecule has 3 heterocycles. The molecule has 3 aliphatic heterocycles. The summed E-state index contributed by atoms with van der Waals surface area (Å²) in [6.45, 7) is 3.19. The zero-order chi connectivity index (χ0) is 24.1. The SMILES string of the molecule is Cc1ccc(N2C[C@]3(c4ccccc4)C[C@H](c4ccccc4)ON3[C@@H]2c2ccc3c(c2)OCO3)cc1. The van der Waals surface area contributed by atoms with Crippen LogP contribution in [0, 0.1) is 6.92 Å². The number of nitrogens with zero attached hydrogens (tertiary/aromatic N) is 2. The Kier molecular flexibility index (Phi) is 5.01. The van der Waals surface area contributed by atoms with Gasteiger partial charge in [-0.05, 0) is 47.9 Å². The number of hydrogen-bond donors (Lipinski definition) is 0. The van der Waals surface area contributed by atoms with Gasteiger partial charge < -0.3 is 14.4 Å². The van der Waals surface area contributed by atoms with E-state index in [4.69, 9.17) is 14.3 Å². The van der Waals surface area contributed by atoms with Crippen LogP contribution in [0.1, 0.15) is 40.9 Å². The molecule has 2 saturated heterocycles. The standard InChI is InChI=1S/C31H28N2O3/c1-22-12-15-26(16-13-22)32-20-31(25-10-6-3-7-11-25)19-29(23-8-4-2-5-9-23)36-33(31)30(32)24-14-17-27-28(18-24)35-21-34-27/h2-18,29-30H,19-21H2,1H3/t29-,30-,31+/m1/s1. The van der Waals surface area contributed by atoms with Gasteiger partial charge >= 0.3 is 0 Å². The van der Waals surface area contributed by atoms with Crippen molar-refractivity contribution in [1.82, 2.24) is 5.06 Å². The van der Waals surface area contributed by atoms with Crippen molar-refractivity contribution in [3.8, 4) is 11.5 Å². The van der Waals surface area contributed by atoms with Gasteiger partial charge in [-0.15, -0.1) is 5.06 Å². The van der Waals surface area contributed by atoms with E-state index in [1.165, 1.54) is 22.4 Å². The highest BCUT2D eigenvalue weighted by atomic mass is 16.7. The molecular weight excluding hydrogens is 448 g/mol. The molecule has 5 heteroatoms. The molecule has 0 bridgehead atoms. The third-order valence-corrected chi connectivity index (χ3v) is 7.68. The summed E-state index contributed by atoms with van der Waals surface area (Å²) in [6, 6.07) is 36.4. The summed E-state index contributed by atoms with van der Waals surface area (Å²) in [5, 5.41) is 2.25. The number of ether oxygens (including phenoxy) is 2. The first-order valence-electron chi connectivity index (χ1n) is 12.5. The Balaban J connectivity index is 1.39. The second kappa shape index (κ2) is 8.40. The number of benzene rings is 4. The summed E-state index contributed by atoms with van der Waals surface area (Å²) in [5.41, 5.74) is 5.70. The molecule has 3 atom stereocenters. The van der Waals surface area contributed by atoms with Gasteiger partial charge in [0, 0.05) is 18.7 Å². The Hall–Kier alpha value is -3.80. The number of aryl methyl sites for hydroxylation is 1. The third-order valence-electron chi connectivity index (χ3n) is 7.68. The van der Waals surface area contributed by atoms with Crippen molar-refractivity contribution < 1.29 is 14.3 Å². The highest BCUT2D eigenvalue weighted by molar-refractivity contribution is 5.55. The molecule has 0 radical (unpaired) electrons. The highest BCUT2D eigenvalue weighted by Crippen LogP contribution is 2.57. The lowest BCUT2D eigenvalue weighted by atomic mass is 9.84. The summed E-state index contributed by atoms with van der Waals surface area (Å²) in [4.78, 5) is 9.37. The van der Waals surface area contributed by atoms with Crippen LogP contribution in [0.5, 0.6) is 11.5 Å². The molecule has 3 aliphatic rings. The monoisotopic (exact) mass is 476 g/mol. The predicted octanol–water partition coefficient (Wildman–Crippen LogP) is 6.52. The Labute approximate surface area is 211 Å². The van der Waals surface area contributed by atoms with E-state index in [0.29, 0.717) is 0 Å². The van der Waals surface area contributed by atoms with Crippen molar-refractivity contribution in [2.45, 2.75) is 31.2 Å². The summed E-state index contributed by atoms with van der Waals surface area (Å²) in [7, 11) is 0. The maximum atomic E-state index is 6.91. The van der Waals surface area contributed by atoms with Crippen molar-refractivity contribution >= 4 is 5.69 Å². The average Bonchev–Trinajstić information content (AvgIpc) is 3.62. The van der Waals surface area contributed by atoms with E-state index in [-0.39, 0.29) is 24.6 Å². The quantitative estimate of drug-likeness (QED) is 0.335. The van der Waals surface area contributed by atoms with Crippen LogP contribution in [0.2, 0.25) is 0 Å². The Morgan fingerprint density at radius 1 is 0.750 bits per heavy atom. The molecule has 0 unspecified atom stereocenters.